The maximum atomic E-state index is 13.3. The lowest BCUT2D eigenvalue weighted by atomic mass is 10.0. The van der Waals surface area contributed by atoms with Gasteiger partial charge in [-0.05, 0) is 48.4 Å². The van der Waals surface area contributed by atoms with Gasteiger partial charge in [0.1, 0.15) is 11.3 Å². The highest BCUT2D eigenvalue weighted by molar-refractivity contribution is 6.31. The van der Waals surface area contributed by atoms with E-state index >= 15 is 0 Å². The minimum Gasteiger partial charge on any atom is -0.497 e. The Morgan fingerprint density at radius 2 is 1.80 bits per heavy atom. The summed E-state index contributed by atoms with van der Waals surface area (Å²) in [4.78, 5) is 13.2. The summed E-state index contributed by atoms with van der Waals surface area (Å²) in [5.41, 5.74) is 1.55. The van der Waals surface area contributed by atoms with Gasteiger partial charge in [0, 0.05) is 11.9 Å². The van der Waals surface area contributed by atoms with Gasteiger partial charge in [0.2, 0.25) is 0 Å². The normalized spacial score (nSPS) is 11.9. The number of nitrogens with zero attached hydrogens (tertiary/aromatic N) is 5. The van der Waals surface area contributed by atoms with Crippen LogP contribution in [-0.2, 0) is 12.6 Å². The fourth-order valence-electron chi connectivity index (χ4n) is 3.98. The smallest absolute Gasteiger partial charge is 0.417 e. The molecule has 0 atom stereocenters. The van der Waals surface area contributed by atoms with E-state index in [0.717, 1.165) is 33.5 Å². The van der Waals surface area contributed by atoms with E-state index in [9.17, 15) is 18.0 Å². The molecule has 5 rings (SSSR count). The van der Waals surface area contributed by atoms with Crippen molar-refractivity contribution in [1.82, 2.24) is 24.4 Å². The predicted octanol–water partition coefficient (Wildman–Crippen LogP) is 5.34. The number of benzene rings is 2. The summed E-state index contributed by atoms with van der Waals surface area (Å²) in [6.45, 7) is 1.95. The number of hydrogen-bond donors (Lipinski definition) is 0. The Balaban J connectivity index is 1.71. The maximum absolute atomic E-state index is 13.3. The molecule has 0 fully saturated rings. The zero-order chi connectivity index (χ0) is 24.9. The van der Waals surface area contributed by atoms with Crippen molar-refractivity contribution in [2.45, 2.75) is 19.5 Å². The summed E-state index contributed by atoms with van der Waals surface area (Å²) in [7, 11) is 1.58. The van der Waals surface area contributed by atoms with Gasteiger partial charge in [0.05, 0.1) is 29.0 Å². The van der Waals surface area contributed by atoms with E-state index in [0.29, 0.717) is 23.3 Å². The van der Waals surface area contributed by atoms with Crippen LogP contribution in [0.4, 0.5) is 13.2 Å². The molecule has 5 aromatic rings. The molecule has 35 heavy (non-hydrogen) atoms. The number of fused-ring (bicyclic) bond motifs is 3. The molecular weight excluding hydrogens is 483 g/mol. The predicted molar refractivity (Wildman–Crippen MR) is 125 cm³/mol. The number of alkyl halides is 3. The molecule has 7 nitrogen and oxygen atoms in total. The van der Waals surface area contributed by atoms with Crippen LogP contribution in [0, 0.1) is 0 Å². The summed E-state index contributed by atoms with van der Waals surface area (Å²) in [5.74, 6) is 0.705. The fourth-order valence-corrected chi connectivity index (χ4v) is 4.20. The maximum Gasteiger partial charge on any atom is 0.417 e. The molecule has 0 saturated heterocycles. The average Bonchev–Trinajstić information content (AvgIpc) is 3.23. The van der Waals surface area contributed by atoms with E-state index in [1.54, 1.807) is 13.2 Å². The summed E-state index contributed by atoms with van der Waals surface area (Å²) in [5, 5.41) is 12.6. The topological polar surface area (TPSA) is 74.3 Å². The lowest BCUT2D eigenvalue weighted by Gasteiger charge is -2.12. The molecule has 0 bridgehead atoms. The molecule has 11 heteroatoms. The van der Waals surface area contributed by atoms with Crippen molar-refractivity contribution >= 4 is 28.3 Å². The van der Waals surface area contributed by atoms with Gasteiger partial charge in [-0.2, -0.15) is 18.3 Å². The van der Waals surface area contributed by atoms with Crippen LogP contribution in [0.5, 0.6) is 5.75 Å². The van der Waals surface area contributed by atoms with E-state index in [2.05, 4.69) is 15.3 Å². The fraction of sp³-hybridized carbons (Fsp3) is 0.167. The van der Waals surface area contributed by atoms with E-state index < -0.39 is 22.3 Å². The van der Waals surface area contributed by atoms with Crippen molar-refractivity contribution in [2.75, 3.05) is 7.11 Å². The number of pyridine rings is 1. The standard InChI is InChI=1S/C24H17ClF3N5O2/c1-3-18-20(13-4-7-15(35-2)8-5-13)22-30-29-21-19(33(22)31-18)10-11-32(23(21)34)14-6-9-17(25)16(12-14)24(26,27)28/h4-12H,3H2,1-2H3. The second-order valence-corrected chi connectivity index (χ2v) is 8.13. The molecular formula is C24H17ClF3N5O2. The molecule has 0 N–H and O–H groups in total. The first-order chi connectivity index (χ1) is 16.7. The molecule has 0 amide bonds. The van der Waals surface area contributed by atoms with E-state index in [1.807, 2.05) is 31.2 Å². The largest absolute Gasteiger partial charge is 0.497 e. The van der Waals surface area contributed by atoms with Gasteiger partial charge in [0.25, 0.3) is 5.56 Å². The molecule has 0 aliphatic carbocycles. The van der Waals surface area contributed by atoms with Gasteiger partial charge in [0.15, 0.2) is 11.2 Å². The number of rotatable bonds is 4. The van der Waals surface area contributed by atoms with Gasteiger partial charge in [-0.25, -0.2) is 4.52 Å². The quantitative estimate of drug-likeness (QED) is 0.334. The zero-order valence-corrected chi connectivity index (χ0v) is 19.2. The molecule has 2 aromatic carbocycles. The number of ether oxygens (including phenoxy) is 1. The molecule has 0 aliphatic heterocycles. The minimum absolute atomic E-state index is 0.00385. The molecule has 3 heterocycles. The third-order valence-corrected chi connectivity index (χ3v) is 6.03. The second kappa shape index (κ2) is 8.38. The second-order valence-electron chi connectivity index (χ2n) is 7.73. The Labute approximate surface area is 201 Å². The van der Waals surface area contributed by atoms with E-state index in [-0.39, 0.29) is 11.2 Å². The Kier molecular flexibility index (Phi) is 5.47. The van der Waals surface area contributed by atoms with Crippen molar-refractivity contribution in [3.63, 3.8) is 0 Å². The lowest BCUT2D eigenvalue weighted by Crippen LogP contribution is -2.20. The highest BCUT2D eigenvalue weighted by Gasteiger charge is 2.33. The Hall–Kier alpha value is -3.92. The number of aromatic nitrogens is 5. The number of aryl methyl sites for hydroxylation is 1. The zero-order valence-electron chi connectivity index (χ0n) is 18.5. The van der Waals surface area contributed by atoms with Gasteiger partial charge >= 0.3 is 6.18 Å². The molecule has 0 spiro atoms. The Morgan fingerprint density at radius 3 is 2.46 bits per heavy atom. The van der Waals surface area contributed by atoms with Crippen LogP contribution in [-0.4, -0.2) is 31.5 Å². The molecule has 3 aromatic heterocycles. The van der Waals surface area contributed by atoms with E-state index in [4.69, 9.17) is 16.3 Å². The third kappa shape index (κ3) is 3.79. The van der Waals surface area contributed by atoms with Crippen molar-refractivity contribution in [1.29, 1.82) is 0 Å². The highest BCUT2D eigenvalue weighted by Crippen LogP contribution is 2.36. The summed E-state index contributed by atoms with van der Waals surface area (Å²) >= 11 is 5.72. The first-order valence-electron chi connectivity index (χ1n) is 10.5. The van der Waals surface area contributed by atoms with Gasteiger partial charge in [-0.15, -0.1) is 10.2 Å². The summed E-state index contributed by atoms with van der Waals surface area (Å²) in [6.07, 6.45) is -2.67. The van der Waals surface area contributed by atoms with Crippen LogP contribution in [0.25, 0.3) is 33.5 Å². The van der Waals surface area contributed by atoms with Crippen molar-refractivity contribution in [3.05, 3.63) is 81.4 Å². The van der Waals surface area contributed by atoms with Crippen LogP contribution in [0.3, 0.4) is 0 Å². The minimum atomic E-state index is -4.66. The molecule has 0 radical (unpaired) electrons. The van der Waals surface area contributed by atoms with Crippen LogP contribution in [0.2, 0.25) is 5.02 Å². The van der Waals surface area contributed by atoms with Gasteiger partial charge in [-0.3, -0.25) is 9.36 Å². The first-order valence-corrected chi connectivity index (χ1v) is 10.9. The van der Waals surface area contributed by atoms with Crippen LogP contribution < -0.4 is 10.3 Å². The molecule has 0 saturated carbocycles. The summed E-state index contributed by atoms with van der Waals surface area (Å²) in [6, 6.07) is 12.3. The monoisotopic (exact) mass is 499 g/mol. The first kappa shape index (κ1) is 22.9. The van der Waals surface area contributed by atoms with Crippen LogP contribution in [0.1, 0.15) is 18.2 Å². The van der Waals surface area contributed by atoms with E-state index in [1.165, 1.54) is 16.8 Å². The lowest BCUT2D eigenvalue weighted by molar-refractivity contribution is -0.137. The van der Waals surface area contributed by atoms with Gasteiger partial charge in [-0.1, -0.05) is 30.7 Å². The third-order valence-electron chi connectivity index (χ3n) is 5.70. The number of halogens is 4. The number of methoxy groups -OCH3 is 1. The SMILES string of the molecule is CCc1nn2c(nnc3c(=O)n(-c4ccc(Cl)c(C(F)(F)F)c4)ccc32)c1-c1ccc(OC)cc1. The summed E-state index contributed by atoms with van der Waals surface area (Å²) < 4.78 is 47.8. The molecule has 0 aliphatic rings. The Morgan fingerprint density at radius 1 is 1.06 bits per heavy atom. The molecule has 178 valence electrons. The van der Waals surface area contributed by atoms with Crippen molar-refractivity contribution < 1.29 is 17.9 Å². The van der Waals surface area contributed by atoms with Crippen LogP contribution in [0.15, 0.2) is 59.5 Å². The average molecular weight is 500 g/mol. The number of hydrogen-bond acceptors (Lipinski definition) is 5. The highest BCUT2D eigenvalue weighted by atomic mass is 35.5. The Bertz CT molecular complexity index is 1640. The van der Waals surface area contributed by atoms with Gasteiger partial charge < -0.3 is 4.74 Å². The van der Waals surface area contributed by atoms with Crippen molar-refractivity contribution in [3.8, 4) is 22.6 Å². The molecule has 0 unspecified atom stereocenters. The van der Waals surface area contributed by atoms with Crippen LogP contribution >= 0.6 is 11.6 Å². The van der Waals surface area contributed by atoms with Crippen molar-refractivity contribution in [2.24, 2.45) is 0 Å².